The first-order valence-corrected chi connectivity index (χ1v) is 12.5. The number of carbonyl (C=O) groups excluding carboxylic acids is 1. The molecule has 2 aliphatic rings. The standard InChI is InChI=1S/C22H34FN3O4S/c1-14(2)5-7-25(8-6-15(3)4)12-16-9-17-11-19(27)22(21(23)18(17)10-16)26-13-20(28)24-31(26,29)30/h11,14-16,27H,5-10,12-13H2,1-4H3,(H,24,28). The molecule has 1 aromatic rings. The van der Waals surface area contributed by atoms with E-state index >= 15 is 4.39 Å². The van der Waals surface area contributed by atoms with Gasteiger partial charge in [-0.05, 0) is 73.7 Å². The third-order valence-electron chi connectivity index (χ3n) is 6.05. The van der Waals surface area contributed by atoms with Crippen molar-refractivity contribution in [3.05, 3.63) is 23.0 Å². The van der Waals surface area contributed by atoms with Crippen molar-refractivity contribution < 1.29 is 22.7 Å². The van der Waals surface area contributed by atoms with Gasteiger partial charge >= 0.3 is 10.2 Å². The lowest BCUT2D eigenvalue weighted by atomic mass is 10.0. The fraction of sp³-hybridized carbons (Fsp3) is 0.682. The Kier molecular flexibility index (Phi) is 7.15. The van der Waals surface area contributed by atoms with Crippen LogP contribution in [0.2, 0.25) is 0 Å². The quantitative estimate of drug-likeness (QED) is 0.598. The summed E-state index contributed by atoms with van der Waals surface area (Å²) >= 11 is 0. The summed E-state index contributed by atoms with van der Waals surface area (Å²) in [5, 5.41) is 10.4. The SMILES string of the molecule is CC(C)CCN(CCC(C)C)CC1Cc2cc(O)c(N3CC(=O)NS3(=O)=O)c(F)c2C1. The zero-order chi connectivity index (χ0) is 22.9. The molecule has 2 N–H and O–H groups in total. The van der Waals surface area contributed by atoms with E-state index < -0.39 is 39.9 Å². The molecule has 1 aliphatic carbocycles. The fourth-order valence-electron chi connectivity index (χ4n) is 4.34. The molecule has 1 aliphatic heterocycles. The van der Waals surface area contributed by atoms with Gasteiger partial charge < -0.3 is 10.0 Å². The van der Waals surface area contributed by atoms with Gasteiger partial charge in [-0.25, -0.2) is 13.4 Å². The van der Waals surface area contributed by atoms with Crippen molar-refractivity contribution in [1.82, 2.24) is 9.62 Å². The Balaban J connectivity index is 1.78. The van der Waals surface area contributed by atoms with Crippen LogP contribution in [0.4, 0.5) is 10.1 Å². The monoisotopic (exact) mass is 455 g/mol. The third kappa shape index (κ3) is 5.49. The Labute approximate surface area is 184 Å². The predicted molar refractivity (Wildman–Crippen MR) is 119 cm³/mol. The molecule has 174 valence electrons. The molecule has 0 spiro atoms. The molecule has 0 aromatic heterocycles. The number of phenolic OH excluding ortho intramolecular Hbond substituents is 1. The number of carbonyl (C=O) groups is 1. The largest absolute Gasteiger partial charge is 0.506 e. The molecule has 0 bridgehead atoms. The van der Waals surface area contributed by atoms with E-state index in [9.17, 15) is 18.3 Å². The molecule has 9 heteroatoms. The van der Waals surface area contributed by atoms with Crippen LogP contribution in [0, 0.1) is 23.6 Å². The molecule has 0 saturated carbocycles. The van der Waals surface area contributed by atoms with E-state index in [2.05, 4.69) is 32.6 Å². The predicted octanol–water partition coefficient (Wildman–Crippen LogP) is 2.82. The lowest BCUT2D eigenvalue weighted by Gasteiger charge is -2.27. The third-order valence-corrected chi connectivity index (χ3v) is 7.42. The van der Waals surface area contributed by atoms with Gasteiger partial charge in [0.1, 0.15) is 18.0 Å². The second-order valence-electron chi connectivity index (χ2n) is 9.67. The van der Waals surface area contributed by atoms with Gasteiger partial charge in [-0.15, -0.1) is 0 Å². The van der Waals surface area contributed by atoms with Crippen LogP contribution >= 0.6 is 0 Å². The molecule has 3 rings (SSSR count). The van der Waals surface area contributed by atoms with Crippen molar-refractivity contribution in [2.24, 2.45) is 17.8 Å². The molecule has 1 heterocycles. The highest BCUT2D eigenvalue weighted by Gasteiger charge is 2.39. The topological polar surface area (TPSA) is 89.9 Å². The zero-order valence-electron chi connectivity index (χ0n) is 18.8. The van der Waals surface area contributed by atoms with Gasteiger partial charge in [-0.3, -0.25) is 4.79 Å². The number of aromatic hydroxyl groups is 1. The van der Waals surface area contributed by atoms with E-state index in [1.54, 1.807) is 0 Å². The maximum atomic E-state index is 15.4. The van der Waals surface area contributed by atoms with Gasteiger partial charge in [-0.2, -0.15) is 8.42 Å². The van der Waals surface area contributed by atoms with Gasteiger partial charge in [0, 0.05) is 6.54 Å². The van der Waals surface area contributed by atoms with Crippen molar-refractivity contribution >= 4 is 21.8 Å². The maximum Gasteiger partial charge on any atom is 0.326 e. The molecule has 7 nitrogen and oxygen atoms in total. The molecular formula is C22H34FN3O4S. The summed E-state index contributed by atoms with van der Waals surface area (Å²) in [6, 6.07) is 1.46. The molecule has 1 fully saturated rings. The minimum absolute atomic E-state index is 0.202. The lowest BCUT2D eigenvalue weighted by Crippen LogP contribution is -2.33. The summed E-state index contributed by atoms with van der Waals surface area (Å²) in [6.07, 6.45) is 3.34. The van der Waals surface area contributed by atoms with E-state index in [4.69, 9.17) is 0 Å². The Morgan fingerprint density at radius 3 is 2.32 bits per heavy atom. The summed E-state index contributed by atoms with van der Waals surface area (Å²) in [4.78, 5) is 14.0. The van der Waals surface area contributed by atoms with Gasteiger partial charge in [0.05, 0.1) is 0 Å². The number of halogens is 1. The van der Waals surface area contributed by atoms with Crippen LogP contribution in [-0.2, 0) is 27.8 Å². The average molecular weight is 456 g/mol. The molecular weight excluding hydrogens is 421 g/mol. The van der Waals surface area contributed by atoms with Crippen LogP contribution in [0.5, 0.6) is 5.75 Å². The Bertz CT molecular complexity index is 921. The maximum absolute atomic E-state index is 15.4. The Hall–Kier alpha value is -1.87. The number of nitrogens with one attached hydrogen (secondary N) is 1. The van der Waals surface area contributed by atoms with E-state index in [1.807, 2.05) is 4.72 Å². The molecule has 1 amide bonds. The number of phenols is 1. The first-order valence-electron chi connectivity index (χ1n) is 11.1. The molecule has 1 unspecified atom stereocenters. The molecule has 31 heavy (non-hydrogen) atoms. The van der Waals surface area contributed by atoms with Crippen LogP contribution in [0.25, 0.3) is 0 Å². The van der Waals surface area contributed by atoms with Crippen LogP contribution in [0.1, 0.15) is 51.7 Å². The van der Waals surface area contributed by atoms with Crippen molar-refractivity contribution in [3.63, 3.8) is 0 Å². The number of nitrogens with zero attached hydrogens (tertiary/aromatic N) is 2. The summed E-state index contributed by atoms with van der Waals surface area (Å²) < 4.78 is 42.1. The van der Waals surface area contributed by atoms with Crippen molar-refractivity contribution in [1.29, 1.82) is 0 Å². The highest BCUT2D eigenvalue weighted by molar-refractivity contribution is 7.92. The van der Waals surface area contributed by atoms with Gasteiger partial charge in [-0.1, -0.05) is 27.7 Å². The number of fused-ring (bicyclic) bond motifs is 1. The summed E-state index contributed by atoms with van der Waals surface area (Å²) in [5.41, 5.74) is 0.724. The molecule has 1 atom stereocenters. The molecule has 1 saturated heterocycles. The minimum atomic E-state index is -4.19. The van der Waals surface area contributed by atoms with E-state index in [0.29, 0.717) is 40.1 Å². The summed E-state index contributed by atoms with van der Waals surface area (Å²) in [5.74, 6) is -0.519. The zero-order valence-corrected chi connectivity index (χ0v) is 19.6. The van der Waals surface area contributed by atoms with E-state index in [0.717, 1.165) is 32.5 Å². The number of anilines is 1. The Morgan fingerprint density at radius 1 is 1.19 bits per heavy atom. The van der Waals surface area contributed by atoms with Gasteiger partial charge in [0.15, 0.2) is 5.82 Å². The van der Waals surface area contributed by atoms with E-state index in [-0.39, 0.29) is 5.92 Å². The first-order chi connectivity index (χ1) is 14.5. The smallest absolute Gasteiger partial charge is 0.326 e. The average Bonchev–Trinajstić information content (AvgIpc) is 3.16. The van der Waals surface area contributed by atoms with Crippen LogP contribution in [0.15, 0.2) is 6.07 Å². The molecule has 1 aromatic carbocycles. The lowest BCUT2D eigenvalue weighted by molar-refractivity contribution is -0.117. The van der Waals surface area contributed by atoms with Gasteiger partial charge in [0.2, 0.25) is 0 Å². The number of hydrogen-bond acceptors (Lipinski definition) is 5. The van der Waals surface area contributed by atoms with Crippen molar-refractivity contribution in [2.75, 3.05) is 30.5 Å². The summed E-state index contributed by atoms with van der Waals surface area (Å²) in [6.45, 7) is 11.1. The van der Waals surface area contributed by atoms with Gasteiger partial charge in [0.25, 0.3) is 5.91 Å². The highest BCUT2D eigenvalue weighted by Crippen LogP contribution is 2.41. The molecule has 0 radical (unpaired) electrons. The van der Waals surface area contributed by atoms with Crippen LogP contribution < -0.4 is 9.03 Å². The van der Waals surface area contributed by atoms with E-state index in [1.165, 1.54) is 6.07 Å². The fourth-order valence-corrected chi connectivity index (χ4v) is 5.51. The second kappa shape index (κ2) is 9.32. The van der Waals surface area contributed by atoms with Crippen molar-refractivity contribution in [3.8, 4) is 5.75 Å². The normalized spacial score (nSPS) is 20.2. The number of benzene rings is 1. The number of rotatable bonds is 9. The highest BCUT2D eigenvalue weighted by atomic mass is 32.2. The Morgan fingerprint density at radius 2 is 1.81 bits per heavy atom. The summed E-state index contributed by atoms with van der Waals surface area (Å²) in [7, 11) is -4.19. The second-order valence-corrected chi connectivity index (χ2v) is 11.3. The van der Waals surface area contributed by atoms with Crippen LogP contribution in [-0.4, -0.2) is 50.5 Å². The number of hydrogen-bond donors (Lipinski definition) is 2. The van der Waals surface area contributed by atoms with Crippen LogP contribution in [0.3, 0.4) is 0 Å². The number of amides is 1. The minimum Gasteiger partial charge on any atom is -0.506 e. The van der Waals surface area contributed by atoms with Crippen molar-refractivity contribution in [2.45, 2.75) is 53.4 Å². The first kappa shape index (κ1) is 23.8.